The summed E-state index contributed by atoms with van der Waals surface area (Å²) in [6.45, 7) is 4.26. The molecule has 1 aromatic heterocycles. The second-order valence-electron chi connectivity index (χ2n) is 4.09. The highest BCUT2D eigenvalue weighted by Crippen LogP contribution is 2.52. The van der Waals surface area contributed by atoms with Crippen molar-refractivity contribution in [2.45, 2.75) is 32.2 Å². The van der Waals surface area contributed by atoms with E-state index in [1.54, 1.807) is 0 Å². The Labute approximate surface area is 70.7 Å². The first kappa shape index (κ1) is 7.67. The van der Waals surface area contributed by atoms with Crippen LogP contribution in [-0.4, -0.2) is 20.6 Å². The smallest absolute Gasteiger partial charge is 0.194 e. The molecular weight excluding hydrogens is 154 g/mol. The second kappa shape index (κ2) is 2.04. The fourth-order valence-corrected chi connectivity index (χ4v) is 1.66. The van der Waals surface area contributed by atoms with Crippen molar-refractivity contribution < 1.29 is 0 Å². The molecule has 1 fully saturated rings. The molecule has 1 unspecified atom stereocenters. The number of aromatic nitrogens is 4. The number of H-pyrrole nitrogens is 1. The highest BCUT2D eigenvalue weighted by atomic mass is 15.5. The van der Waals surface area contributed by atoms with Crippen molar-refractivity contribution in [2.75, 3.05) is 0 Å². The number of hydrogen-bond donors (Lipinski definition) is 2. The number of nitrogens with zero attached hydrogens (tertiary/aromatic N) is 3. The van der Waals surface area contributed by atoms with E-state index in [0.717, 1.165) is 12.8 Å². The molecule has 0 spiro atoms. The molecule has 0 bridgehead atoms. The number of tetrazole rings is 1. The third kappa shape index (κ3) is 0.741. The Morgan fingerprint density at radius 2 is 2.17 bits per heavy atom. The first-order chi connectivity index (χ1) is 5.56. The van der Waals surface area contributed by atoms with Crippen LogP contribution in [0.1, 0.15) is 32.5 Å². The lowest BCUT2D eigenvalue weighted by atomic mass is 9.57. The average Bonchev–Trinajstić information content (AvgIpc) is 2.53. The SMILES string of the molecule is CC1(C)CCC1(N)c1nn[nH]n1. The lowest BCUT2D eigenvalue weighted by Crippen LogP contribution is -2.58. The van der Waals surface area contributed by atoms with Crippen molar-refractivity contribution in [3.8, 4) is 0 Å². The highest BCUT2D eigenvalue weighted by Gasteiger charge is 2.54. The normalized spacial score (nSPS) is 32.9. The molecule has 5 nitrogen and oxygen atoms in total. The van der Waals surface area contributed by atoms with Gasteiger partial charge in [-0.05, 0) is 18.3 Å². The van der Waals surface area contributed by atoms with Gasteiger partial charge in [0.15, 0.2) is 5.82 Å². The van der Waals surface area contributed by atoms with Gasteiger partial charge in [-0.3, -0.25) is 0 Å². The van der Waals surface area contributed by atoms with Crippen molar-refractivity contribution in [3.63, 3.8) is 0 Å². The molecule has 1 atom stereocenters. The number of rotatable bonds is 1. The van der Waals surface area contributed by atoms with Crippen LogP contribution < -0.4 is 5.73 Å². The van der Waals surface area contributed by atoms with Crippen LogP contribution in [0.3, 0.4) is 0 Å². The largest absolute Gasteiger partial charge is 0.318 e. The van der Waals surface area contributed by atoms with Gasteiger partial charge in [-0.1, -0.05) is 19.1 Å². The number of nitrogens with one attached hydrogen (secondary N) is 1. The Hall–Kier alpha value is -0.970. The number of aromatic amines is 1. The summed E-state index contributed by atoms with van der Waals surface area (Å²) in [6, 6.07) is 0. The molecule has 0 aliphatic heterocycles. The average molecular weight is 167 g/mol. The molecule has 1 aromatic rings. The fourth-order valence-electron chi connectivity index (χ4n) is 1.66. The van der Waals surface area contributed by atoms with E-state index < -0.39 is 0 Å². The van der Waals surface area contributed by atoms with E-state index in [2.05, 4.69) is 34.5 Å². The van der Waals surface area contributed by atoms with Gasteiger partial charge in [0.2, 0.25) is 0 Å². The van der Waals surface area contributed by atoms with Gasteiger partial charge in [0.25, 0.3) is 0 Å². The molecular formula is C7H13N5. The summed E-state index contributed by atoms with van der Waals surface area (Å²) in [6.07, 6.45) is 2.07. The summed E-state index contributed by atoms with van der Waals surface area (Å²) in [5.74, 6) is 0.638. The maximum atomic E-state index is 6.16. The Morgan fingerprint density at radius 1 is 1.42 bits per heavy atom. The molecule has 66 valence electrons. The molecule has 0 saturated heterocycles. The molecule has 1 aliphatic rings. The van der Waals surface area contributed by atoms with Crippen molar-refractivity contribution >= 4 is 0 Å². The Kier molecular flexibility index (Phi) is 1.30. The maximum absolute atomic E-state index is 6.16. The molecule has 0 radical (unpaired) electrons. The molecule has 3 N–H and O–H groups in total. The van der Waals surface area contributed by atoms with E-state index in [1.165, 1.54) is 0 Å². The van der Waals surface area contributed by atoms with E-state index in [1.807, 2.05) is 0 Å². The zero-order valence-corrected chi connectivity index (χ0v) is 7.33. The lowest BCUT2D eigenvalue weighted by molar-refractivity contribution is 0.0238. The predicted molar refractivity (Wildman–Crippen MR) is 43.1 cm³/mol. The van der Waals surface area contributed by atoms with Crippen LogP contribution in [0, 0.1) is 5.41 Å². The minimum absolute atomic E-state index is 0.0941. The van der Waals surface area contributed by atoms with Gasteiger partial charge in [-0.2, -0.15) is 5.21 Å². The molecule has 12 heavy (non-hydrogen) atoms. The summed E-state index contributed by atoms with van der Waals surface area (Å²) in [5, 5.41) is 13.8. The number of hydrogen-bond acceptors (Lipinski definition) is 4. The van der Waals surface area contributed by atoms with Gasteiger partial charge in [-0.25, -0.2) is 0 Å². The third-order valence-electron chi connectivity index (χ3n) is 3.10. The van der Waals surface area contributed by atoms with E-state index in [9.17, 15) is 0 Å². The minimum Gasteiger partial charge on any atom is -0.318 e. The fraction of sp³-hybridized carbons (Fsp3) is 0.857. The van der Waals surface area contributed by atoms with Crippen molar-refractivity contribution in [3.05, 3.63) is 5.82 Å². The Balaban J connectivity index is 2.35. The first-order valence-corrected chi connectivity index (χ1v) is 4.09. The maximum Gasteiger partial charge on any atom is 0.194 e. The van der Waals surface area contributed by atoms with Crippen LogP contribution in [0.15, 0.2) is 0 Å². The summed E-state index contributed by atoms with van der Waals surface area (Å²) in [4.78, 5) is 0. The lowest BCUT2D eigenvalue weighted by Gasteiger charge is -2.51. The molecule has 1 aliphatic carbocycles. The first-order valence-electron chi connectivity index (χ1n) is 4.09. The Bertz CT molecular complexity index is 278. The van der Waals surface area contributed by atoms with Crippen LogP contribution in [0.25, 0.3) is 0 Å². The molecule has 5 heteroatoms. The van der Waals surface area contributed by atoms with E-state index in [0.29, 0.717) is 5.82 Å². The van der Waals surface area contributed by atoms with Gasteiger partial charge >= 0.3 is 0 Å². The second-order valence-corrected chi connectivity index (χ2v) is 4.09. The minimum atomic E-state index is -0.375. The highest BCUT2D eigenvalue weighted by molar-refractivity contribution is 5.15. The van der Waals surface area contributed by atoms with Gasteiger partial charge in [-0.15, -0.1) is 10.2 Å². The summed E-state index contributed by atoms with van der Waals surface area (Å²) in [7, 11) is 0. The van der Waals surface area contributed by atoms with Crippen LogP contribution in [0.4, 0.5) is 0 Å². The van der Waals surface area contributed by atoms with Gasteiger partial charge in [0, 0.05) is 0 Å². The zero-order valence-electron chi connectivity index (χ0n) is 7.33. The van der Waals surface area contributed by atoms with Gasteiger partial charge < -0.3 is 5.73 Å². The quantitative estimate of drug-likeness (QED) is 0.625. The van der Waals surface area contributed by atoms with Crippen LogP contribution in [0.5, 0.6) is 0 Å². The predicted octanol–water partition coefficient (Wildman–Crippen LogP) is 0.174. The monoisotopic (exact) mass is 167 g/mol. The van der Waals surface area contributed by atoms with E-state index >= 15 is 0 Å². The molecule has 2 rings (SSSR count). The molecule has 0 amide bonds. The van der Waals surface area contributed by atoms with Crippen LogP contribution >= 0.6 is 0 Å². The van der Waals surface area contributed by atoms with Crippen molar-refractivity contribution in [2.24, 2.45) is 11.1 Å². The summed E-state index contributed by atoms with van der Waals surface area (Å²) in [5.41, 5.74) is 5.88. The molecule has 0 aromatic carbocycles. The summed E-state index contributed by atoms with van der Waals surface area (Å²) < 4.78 is 0. The Morgan fingerprint density at radius 3 is 2.50 bits per heavy atom. The zero-order chi connectivity index (χ0) is 8.82. The van der Waals surface area contributed by atoms with Gasteiger partial charge in [0.05, 0.1) is 5.54 Å². The van der Waals surface area contributed by atoms with E-state index in [-0.39, 0.29) is 11.0 Å². The van der Waals surface area contributed by atoms with Gasteiger partial charge in [0.1, 0.15) is 0 Å². The third-order valence-corrected chi connectivity index (χ3v) is 3.10. The summed E-state index contributed by atoms with van der Waals surface area (Å²) >= 11 is 0. The molecule has 1 saturated carbocycles. The topological polar surface area (TPSA) is 80.5 Å². The molecule has 1 heterocycles. The standard InChI is InChI=1S/C7H13N5/c1-6(2)3-4-7(6,8)5-9-11-12-10-5/h3-4,8H2,1-2H3,(H,9,10,11,12). The number of nitrogens with two attached hydrogens (primary N) is 1. The van der Waals surface area contributed by atoms with Crippen molar-refractivity contribution in [1.29, 1.82) is 0 Å². The van der Waals surface area contributed by atoms with Crippen LogP contribution in [0.2, 0.25) is 0 Å². The van der Waals surface area contributed by atoms with E-state index in [4.69, 9.17) is 5.73 Å². The van der Waals surface area contributed by atoms with Crippen LogP contribution in [-0.2, 0) is 5.54 Å². The van der Waals surface area contributed by atoms with Crippen molar-refractivity contribution in [1.82, 2.24) is 20.6 Å².